The summed E-state index contributed by atoms with van der Waals surface area (Å²) in [7, 11) is 0. The van der Waals surface area contributed by atoms with Gasteiger partial charge in [0.25, 0.3) is 0 Å². The quantitative estimate of drug-likeness (QED) is 0.472. The van der Waals surface area contributed by atoms with Crippen molar-refractivity contribution in [2.45, 2.75) is 39.5 Å². The van der Waals surface area contributed by atoms with E-state index in [9.17, 15) is 4.79 Å². The van der Waals surface area contributed by atoms with E-state index in [2.05, 4.69) is 27.2 Å². The van der Waals surface area contributed by atoms with Crippen molar-refractivity contribution in [3.8, 4) is 0 Å². The van der Waals surface area contributed by atoms with Gasteiger partial charge in [0.05, 0.1) is 6.20 Å². The summed E-state index contributed by atoms with van der Waals surface area (Å²) in [5, 5.41) is 6.79. The Kier molecular flexibility index (Phi) is 7.36. The van der Waals surface area contributed by atoms with Crippen molar-refractivity contribution in [3.63, 3.8) is 0 Å². The van der Waals surface area contributed by atoms with Crippen LogP contribution in [0.2, 0.25) is 5.02 Å². The SMILES string of the molecule is C=C/C(Nc1ncc(Cl)c(NCCCN)n1)=C(/C)C1=C(C)C(=O)CCC1. The summed E-state index contributed by atoms with van der Waals surface area (Å²) in [6, 6.07) is 0. The minimum atomic E-state index is 0.211. The van der Waals surface area contributed by atoms with Crippen LogP contribution in [0.3, 0.4) is 0 Å². The molecule has 7 heteroatoms. The lowest BCUT2D eigenvalue weighted by Crippen LogP contribution is -2.13. The van der Waals surface area contributed by atoms with E-state index in [1.807, 2.05) is 13.8 Å². The Balaban J connectivity index is 2.27. The first kappa shape index (κ1) is 20.1. The van der Waals surface area contributed by atoms with Crippen LogP contribution in [0, 0.1) is 0 Å². The molecule has 0 amide bonds. The van der Waals surface area contributed by atoms with Crippen molar-refractivity contribution in [2.24, 2.45) is 5.73 Å². The molecule has 0 aromatic carbocycles. The molecule has 0 atom stereocenters. The number of nitrogens with zero attached hydrogens (tertiary/aromatic N) is 2. The molecule has 4 N–H and O–H groups in total. The largest absolute Gasteiger partial charge is 0.369 e. The van der Waals surface area contributed by atoms with Crippen LogP contribution in [0.4, 0.5) is 11.8 Å². The molecule has 1 aromatic rings. The summed E-state index contributed by atoms with van der Waals surface area (Å²) in [6.07, 6.45) is 6.47. The smallest absolute Gasteiger partial charge is 0.229 e. The second-order valence-electron chi connectivity index (χ2n) is 6.21. The van der Waals surface area contributed by atoms with Gasteiger partial charge in [-0.25, -0.2) is 4.98 Å². The first-order valence-corrected chi connectivity index (χ1v) is 9.15. The van der Waals surface area contributed by atoms with Gasteiger partial charge in [-0.05, 0) is 62.5 Å². The Morgan fingerprint density at radius 1 is 1.46 bits per heavy atom. The number of allylic oxidation sites excluding steroid dienone is 4. The Hall–Kier alpha value is -2.18. The van der Waals surface area contributed by atoms with Crippen molar-refractivity contribution < 1.29 is 4.79 Å². The summed E-state index contributed by atoms with van der Waals surface area (Å²) < 4.78 is 0. The van der Waals surface area contributed by atoms with Crippen molar-refractivity contribution >= 4 is 29.2 Å². The van der Waals surface area contributed by atoms with Crippen LogP contribution in [0.15, 0.2) is 41.3 Å². The number of anilines is 2. The van der Waals surface area contributed by atoms with Gasteiger partial charge < -0.3 is 16.4 Å². The van der Waals surface area contributed by atoms with Gasteiger partial charge in [-0.2, -0.15) is 4.98 Å². The molecule has 0 aliphatic heterocycles. The number of rotatable bonds is 8. The summed E-state index contributed by atoms with van der Waals surface area (Å²) >= 11 is 6.14. The zero-order valence-electron chi connectivity index (χ0n) is 15.4. The lowest BCUT2D eigenvalue weighted by molar-refractivity contribution is -0.116. The Morgan fingerprint density at radius 2 is 2.23 bits per heavy atom. The number of carbonyl (C=O) groups is 1. The highest BCUT2D eigenvalue weighted by molar-refractivity contribution is 6.32. The van der Waals surface area contributed by atoms with E-state index < -0.39 is 0 Å². The number of hydrogen-bond acceptors (Lipinski definition) is 6. The van der Waals surface area contributed by atoms with Crippen LogP contribution >= 0.6 is 11.6 Å². The third kappa shape index (κ3) is 4.93. The first-order valence-electron chi connectivity index (χ1n) is 8.78. The Labute approximate surface area is 159 Å². The fourth-order valence-electron chi connectivity index (χ4n) is 2.88. The fraction of sp³-hybridized carbons (Fsp3) is 0.421. The van der Waals surface area contributed by atoms with Gasteiger partial charge >= 0.3 is 0 Å². The molecule has 0 unspecified atom stereocenters. The summed E-state index contributed by atoms with van der Waals surface area (Å²) in [5.41, 5.74) is 9.17. The van der Waals surface area contributed by atoms with E-state index in [0.717, 1.165) is 41.7 Å². The highest BCUT2D eigenvalue weighted by atomic mass is 35.5. The molecular formula is C19H26ClN5O. The van der Waals surface area contributed by atoms with Crippen LogP contribution in [0.5, 0.6) is 0 Å². The molecule has 0 fully saturated rings. The molecule has 1 aromatic heterocycles. The van der Waals surface area contributed by atoms with Crippen molar-refractivity contribution in [3.05, 3.63) is 46.3 Å². The topological polar surface area (TPSA) is 92.9 Å². The van der Waals surface area contributed by atoms with Gasteiger partial charge in [0.1, 0.15) is 10.8 Å². The van der Waals surface area contributed by atoms with Crippen molar-refractivity contribution in [2.75, 3.05) is 23.7 Å². The maximum atomic E-state index is 12.0. The van der Waals surface area contributed by atoms with E-state index in [0.29, 0.717) is 36.3 Å². The average molecular weight is 376 g/mol. The zero-order chi connectivity index (χ0) is 19.1. The minimum Gasteiger partial charge on any atom is -0.369 e. The summed E-state index contributed by atoms with van der Waals surface area (Å²) in [5.74, 6) is 1.18. The molecule has 6 nitrogen and oxygen atoms in total. The molecule has 1 aliphatic carbocycles. The number of Topliss-reactive ketones (excluding diaryl/α,β-unsaturated/α-hetero) is 1. The van der Waals surface area contributed by atoms with Crippen molar-refractivity contribution in [1.29, 1.82) is 0 Å². The molecule has 26 heavy (non-hydrogen) atoms. The molecule has 140 valence electrons. The number of carbonyl (C=O) groups excluding carboxylic acids is 1. The Bertz CT molecular complexity index is 754. The van der Waals surface area contributed by atoms with Crippen molar-refractivity contribution in [1.82, 2.24) is 9.97 Å². The lowest BCUT2D eigenvalue weighted by atomic mass is 9.87. The number of nitrogens with two attached hydrogens (primary N) is 1. The average Bonchev–Trinajstić information content (AvgIpc) is 2.64. The number of halogens is 1. The Morgan fingerprint density at radius 3 is 2.92 bits per heavy atom. The third-order valence-corrected chi connectivity index (χ3v) is 4.70. The summed E-state index contributed by atoms with van der Waals surface area (Å²) in [6.45, 7) is 9.03. The number of aromatic nitrogens is 2. The molecule has 0 bridgehead atoms. The molecule has 0 saturated carbocycles. The monoisotopic (exact) mass is 375 g/mol. The molecular weight excluding hydrogens is 350 g/mol. The van der Waals surface area contributed by atoms with E-state index >= 15 is 0 Å². The van der Waals surface area contributed by atoms with Gasteiger partial charge in [-0.1, -0.05) is 18.2 Å². The molecule has 0 saturated heterocycles. The molecule has 0 radical (unpaired) electrons. The summed E-state index contributed by atoms with van der Waals surface area (Å²) in [4.78, 5) is 20.7. The minimum absolute atomic E-state index is 0.211. The van der Waals surface area contributed by atoms with Crippen LogP contribution in [-0.2, 0) is 4.79 Å². The predicted molar refractivity (Wildman–Crippen MR) is 107 cm³/mol. The highest BCUT2D eigenvalue weighted by Gasteiger charge is 2.19. The fourth-order valence-corrected chi connectivity index (χ4v) is 3.04. The maximum absolute atomic E-state index is 12.0. The second-order valence-corrected chi connectivity index (χ2v) is 6.61. The van der Waals surface area contributed by atoms with Gasteiger partial charge in [0.2, 0.25) is 5.95 Å². The third-order valence-electron chi connectivity index (χ3n) is 4.43. The van der Waals surface area contributed by atoms with Gasteiger partial charge in [-0.15, -0.1) is 0 Å². The van der Waals surface area contributed by atoms with Crippen LogP contribution in [-0.4, -0.2) is 28.8 Å². The van der Waals surface area contributed by atoms with E-state index in [-0.39, 0.29) is 5.78 Å². The number of ketones is 1. The van der Waals surface area contributed by atoms with E-state index in [1.165, 1.54) is 0 Å². The van der Waals surface area contributed by atoms with Crippen LogP contribution in [0.25, 0.3) is 0 Å². The standard InChI is InChI=1S/C19H26ClN5O/c1-4-16(12(2)14-7-5-8-17(26)13(14)3)24-19-23-11-15(20)18(25-19)22-10-6-9-21/h4,11H,1,5-10,21H2,2-3H3,(H2,22,23,24,25)/b16-12+. The van der Waals surface area contributed by atoms with E-state index in [1.54, 1.807) is 12.3 Å². The number of nitrogens with one attached hydrogen (secondary N) is 2. The lowest BCUT2D eigenvalue weighted by Gasteiger charge is -2.20. The molecule has 1 aliphatic rings. The van der Waals surface area contributed by atoms with Crippen LogP contribution < -0.4 is 16.4 Å². The molecule has 1 heterocycles. The van der Waals surface area contributed by atoms with Crippen LogP contribution in [0.1, 0.15) is 39.5 Å². The maximum Gasteiger partial charge on any atom is 0.229 e. The zero-order valence-corrected chi connectivity index (χ0v) is 16.1. The molecule has 2 rings (SSSR count). The van der Waals surface area contributed by atoms with E-state index in [4.69, 9.17) is 17.3 Å². The molecule has 0 spiro atoms. The first-order chi connectivity index (χ1) is 12.5. The van der Waals surface area contributed by atoms with Gasteiger partial charge in [0.15, 0.2) is 5.78 Å². The van der Waals surface area contributed by atoms with Gasteiger partial charge in [0, 0.05) is 18.7 Å². The normalized spacial score (nSPS) is 15.6. The van der Waals surface area contributed by atoms with Gasteiger partial charge in [-0.3, -0.25) is 4.79 Å². The predicted octanol–water partition coefficient (Wildman–Crippen LogP) is 3.83. The second kappa shape index (κ2) is 9.50. The highest BCUT2D eigenvalue weighted by Crippen LogP contribution is 2.30. The number of hydrogen-bond donors (Lipinski definition) is 3.